The van der Waals surface area contributed by atoms with Gasteiger partial charge in [0, 0.05) is 20.1 Å². The van der Waals surface area contributed by atoms with Crippen LogP contribution in [0.1, 0.15) is 27.2 Å². The molecule has 0 aromatic rings. The summed E-state index contributed by atoms with van der Waals surface area (Å²) in [7, 11) is 1.31. The maximum absolute atomic E-state index is 11.2. The normalized spacial score (nSPS) is 13.0. The van der Waals surface area contributed by atoms with Crippen LogP contribution in [0.5, 0.6) is 0 Å². The lowest BCUT2D eigenvalue weighted by Crippen LogP contribution is -2.35. The molecular weight excluding hydrogens is 214 g/mol. The quantitative estimate of drug-likeness (QED) is 0.740. The maximum atomic E-state index is 11.2. The highest BCUT2D eigenvalue weighted by molar-refractivity contribution is 5.72. The van der Waals surface area contributed by atoms with E-state index in [2.05, 4.69) is 5.32 Å². The Labute approximate surface area is 94.9 Å². The average Bonchev–Trinajstić information content (AvgIpc) is 2.08. The van der Waals surface area contributed by atoms with E-state index in [1.807, 2.05) is 0 Å². The number of alkyl carbamates (subject to hydrolysis) is 1. The van der Waals surface area contributed by atoms with Crippen LogP contribution in [0.15, 0.2) is 0 Å². The Balaban J connectivity index is 3.81. The number of carboxylic acids is 1. The average molecular weight is 233 g/mol. The highest BCUT2D eigenvalue weighted by atomic mass is 16.6. The van der Waals surface area contributed by atoms with Crippen molar-refractivity contribution in [2.24, 2.45) is 0 Å². The number of carboxylic acid groups (broad SMARTS) is 1. The summed E-state index contributed by atoms with van der Waals surface area (Å²) in [6, 6.07) is 0. The van der Waals surface area contributed by atoms with Crippen LogP contribution >= 0.6 is 0 Å². The molecule has 1 amide bonds. The van der Waals surface area contributed by atoms with E-state index < -0.39 is 23.8 Å². The van der Waals surface area contributed by atoms with Gasteiger partial charge in [-0.25, -0.2) is 9.59 Å². The van der Waals surface area contributed by atoms with E-state index in [1.165, 1.54) is 7.11 Å². The topological polar surface area (TPSA) is 84.9 Å². The predicted molar refractivity (Wildman–Crippen MR) is 57.3 cm³/mol. The second-order valence-corrected chi connectivity index (χ2v) is 4.28. The van der Waals surface area contributed by atoms with Gasteiger partial charge < -0.3 is 19.9 Å². The fourth-order valence-corrected chi connectivity index (χ4v) is 0.962. The van der Waals surface area contributed by atoms with E-state index in [0.29, 0.717) is 0 Å². The van der Waals surface area contributed by atoms with Crippen molar-refractivity contribution in [3.05, 3.63) is 0 Å². The molecule has 0 radical (unpaired) electrons. The number of nitrogens with one attached hydrogen (secondary N) is 1. The molecule has 0 spiro atoms. The Bertz CT molecular complexity index is 246. The molecule has 0 heterocycles. The number of aliphatic carboxylic acids is 1. The molecule has 94 valence electrons. The standard InChI is InChI=1S/C10H19NO5/c1-10(2,3)16-9(14)11-6-5-7(15-4)8(12)13/h7H,5-6H2,1-4H3,(H,11,14)(H,12,13)/t7-/m0/s1. The lowest BCUT2D eigenvalue weighted by molar-refractivity contribution is -0.148. The molecule has 0 saturated carbocycles. The van der Waals surface area contributed by atoms with Crippen molar-refractivity contribution in [3.8, 4) is 0 Å². The zero-order chi connectivity index (χ0) is 12.8. The molecule has 0 aromatic heterocycles. The lowest BCUT2D eigenvalue weighted by atomic mass is 10.2. The van der Waals surface area contributed by atoms with Crippen molar-refractivity contribution in [2.75, 3.05) is 13.7 Å². The summed E-state index contributed by atoms with van der Waals surface area (Å²) in [4.78, 5) is 21.7. The van der Waals surface area contributed by atoms with E-state index in [-0.39, 0.29) is 13.0 Å². The first kappa shape index (κ1) is 14.7. The minimum atomic E-state index is -1.05. The summed E-state index contributed by atoms with van der Waals surface area (Å²) in [5, 5.41) is 11.1. The molecule has 1 atom stereocenters. The van der Waals surface area contributed by atoms with Gasteiger partial charge in [0.15, 0.2) is 6.10 Å². The van der Waals surface area contributed by atoms with Crippen LogP contribution in [-0.2, 0) is 14.3 Å². The van der Waals surface area contributed by atoms with Gasteiger partial charge in [0.1, 0.15) is 5.60 Å². The van der Waals surface area contributed by atoms with Gasteiger partial charge in [-0.3, -0.25) is 0 Å². The lowest BCUT2D eigenvalue weighted by Gasteiger charge is -2.20. The van der Waals surface area contributed by atoms with E-state index in [1.54, 1.807) is 20.8 Å². The Morgan fingerprint density at radius 2 is 1.94 bits per heavy atom. The van der Waals surface area contributed by atoms with E-state index in [9.17, 15) is 9.59 Å². The third-order valence-electron chi connectivity index (χ3n) is 1.63. The fraction of sp³-hybridized carbons (Fsp3) is 0.800. The molecule has 16 heavy (non-hydrogen) atoms. The van der Waals surface area contributed by atoms with Crippen molar-refractivity contribution >= 4 is 12.1 Å². The Hall–Kier alpha value is -1.30. The molecule has 0 rings (SSSR count). The zero-order valence-electron chi connectivity index (χ0n) is 10.1. The first-order valence-electron chi connectivity index (χ1n) is 4.98. The number of carbonyl (C=O) groups excluding carboxylic acids is 1. The third-order valence-corrected chi connectivity index (χ3v) is 1.63. The van der Waals surface area contributed by atoms with Crippen molar-refractivity contribution in [1.82, 2.24) is 5.32 Å². The molecule has 0 unspecified atom stereocenters. The molecule has 0 aromatic carbocycles. The van der Waals surface area contributed by atoms with Crippen LogP contribution in [0.25, 0.3) is 0 Å². The van der Waals surface area contributed by atoms with E-state index in [4.69, 9.17) is 14.6 Å². The van der Waals surface area contributed by atoms with Crippen molar-refractivity contribution < 1.29 is 24.2 Å². The van der Waals surface area contributed by atoms with Crippen LogP contribution in [0, 0.1) is 0 Å². The molecule has 0 aliphatic carbocycles. The summed E-state index contributed by atoms with van der Waals surface area (Å²) in [6.07, 6.45) is -1.27. The fourth-order valence-electron chi connectivity index (χ4n) is 0.962. The summed E-state index contributed by atoms with van der Waals surface area (Å²) in [5.74, 6) is -1.05. The number of methoxy groups -OCH3 is 1. The SMILES string of the molecule is CO[C@@H](CCNC(=O)OC(C)(C)C)C(=O)O. The Morgan fingerprint density at radius 1 is 1.38 bits per heavy atom. The summed E-state index contributed by atoms with van der Waals surface area (Å²) < 4.78 is 9.68. The number of ether oxygens (including phenoxy) is 2. The second kappa shape index (κ2) is 6.32. The van der Waals surface area contributed by atoms with Crippen LogP contribution in [-0.4, -0.2) is 42.5 Å². The monoisotopic (exact) mass is 233 g/mol. The van der Waals surface area contributed by atoms with E-state index in [0.717, 1.165) is 0 Å². The van der Waals surface area contributed by atoms with Crippen LogP contribution in [0.2, 0.25) is 0 Å². The van der Waals surface area contributed by atoms with Gasteiger partial charge in [0.05, 0.1) is 0 Å². The molecule has 0 bridgehead atoms. The van der Waals surface area contributed by atoms with Crippen molar-refractivity contribution in [1.29, 1.82) is 0 Å². The Morgan fingerprint density at radius 3 is 2.31 bits per heavy atom. The minimum Gasteiger partial charge on any atom is -0.479 e. The molecule has 6 nitrogen and oxygen atoms in total. The number of carbonyl (C=O) groups is 2. The molecule has 0 saturated heterocycles. The summed E-state index contributed by atoms with van der Waals surface area (Å²) >= 11 is 0. The van der Waals surface area contributed by atoms with Gasteiger partial charge in [0.2, 0.25) is 0 Å². The van der Waals surface area contributed by atoms with Gasteiger partial charge in [-0.1, -0.05) is 0 Å². The summed E-state index contributed by atoms with van der Waals surface area (Å²) in [6.45, 7) is 5.45. The van der Waals surface area contributed by atoms with Crippen LogP contribution < -0.4 is 5.32 Å². The molecular formula is C10H19NO5. The number of amides is 1. The zero-order valence-corrected chi connectivity index (χ0v) is 10.1. The first-order chi connectivity index (χ1) is 7.26. The second-order valence-electron chi connectivity index (χ2n) is 4.28. The van der Waals surface area contributed by atoms with Gasteiger partial charge in [-0.05, 0) is 20.8 Å². The largest absolute Gasteiger partial charge is 0.479 e. The van der Waals surface area contributed by atoms with Gasteiger partial charge in [-0.2, -0.15) is 0 Å². The maximum Gasteiger partial charge on any atom is 0.407 e. The number of rotatable bonds is 5. The first-order valence-corrected chi connectivity index (χ1v) is 4.98. The minimum absolute atomic E-state index is 0.194. The third kappa shape index (κ3) is 7.05. The number of hydrogen-bond acceptors (Lipinski definition) is 4. The Kier molecular flexibility index (Phi) is 5.81. The van der Waals surface area contributed by atoms with Gasteiger partial charge >= 0.3 is 12.1 Å². The smallest absolute Gasteiger partial charge is 0.407 e. The number of hydrogen-bond donors (Lipinski definition) is 2. The van der Waals surface area contributed by atoms with Crippen molar-refractivity contribution in [2.45, 2.75) is 38.9 Å². The molecule has 0 aliphatic rings. The highest BCUT2D eigenvalue weighted by Gasteiger charge is 2.18. The van der Waals surface area contributed by atoms with Crippen molar-refractivity contribution in [3.63, 3.8) is 0 Å². The summed E-state index contributed by atoms with van der Waals surface area (Å²) in [5.41, 5.74) is -0.558. The van der Waals surface area contributed by atoms with Crippen LogP contribution in [0.3, 0.4) is 0 Å². The molecule has 2 N–H and O–H groups in total. The predicted octanol–water partition coefficient (Wildman–Crippen LogP) is 1.00. The van der Waals surface area contributed by atoms with Gasteiger partial charge in [-0.15, -0.1) is 0 Å². The molecule has 0 aliphatic heterocycles. The molecule has 6 heteroatoms. The molecule has 0 fully saturated rings. The highest BCUT2D eigenvalue weighted by Crippen LogP contribution is 2.06. The van der Waals surface area contributed by atoms with E-state index >= 15 is 0 Å². The van der Waals surface area contributed by atoms with Gasteiger partial charge in [0.25, 0.3) is 0 Å². The van der Waals surface area contributed by atoms with Crippen LogP contribution in [0.4, 0.5) is 4.79 Å².